The third-order valence-electron chi connectivity index (χ3n) is 3.25. The number of rotatable bonds is 1. The number of ketones is 1. The van der Waals surface area contributed by atoms with Crippen molar-refractivity contribution in [3.8, 4) is 0 Å². The van der Waals surface area contributed by atoms with Crippen LogP contribution in [0.5, 0.6) is 0 Å². The highest BCUT2D eigenvalue weighted by molar-refractivity contribution is 7.16. The standard InChI is InChI=1S/C13H19NOS/c1-7-5-6-8-9(7)10(12(14)16-8)11(15)13(2,3)4/h7H,5-6,14H2,1-4H3. The van der Waals surface area contributed by atoms with E-state index in [-0.39, 0.29) is 11.2 Å². The van der Waals surface area contributed by atoms with Crippen molar-refractivity contribution in [2.45, 2.75) is 46.5 Å². The molecule has 0 amide bonds. The molecule has 1 heterocycles. The van der Waals surface area contributed by atoms with Crippen LogP contribution in [-0.2, 0) is 6.42 Å². The van der Waals surface area contributed by atoms with Crippen LogP contribution in [0.1, 0.15) is 60.8 Å². The largest absolute Gasteiger partial charge is 0.390 e. The van der Waals surface area contributed by atoms with Crippen molar-refractivity contribution in [2.75, 3.05) is 5.73 Å². The highest BCUT2D eigenvalue weighted by atomic mass is 32.1. The molecule has 1 aliphatic carbocycles. The topological polar surface area (TPSA) is 43.1 Å². The molecule has 2 rings (SSSR count). The molecule has 0 aliphatic heterocycles. The number of hydrogen-bond donors (Lipinski definition) is 1. The average Bonchev–Trinajstić information content (AvgIpc) is 2.64. The fraction of sp³-hybridized carbons (Fsp3) is 0.615. The van der Waals surface area contributed by atoms with Gasteiger partial charge in [0, 0.05) is 10.3 Å². The number of thiophene rings is 1. The number of fused-ring (bicyclic) bond motifs is 1. The molecule has 2 nitrogen and oxygen atoms in total. The molecule has 0 aromatic carbocycles. The summed E-state index contributed by atoms with van der Waals surface area (Å²) in [5.41, 5.74) is 7.72. The van der Waals surface area contributed by atoms with Crippen molar-refractivity contribution in [2.24, 2.45) is 5.41 Å². The summed E-state index contributed by atoms with van der Waals surface area (Å²) >= 11 is 1.61. The Morgan fingerprint density at radius 2 is 2.06 bits per heavy atom. The van der Waals surface area contributed by atoms with E-state index in [9.17, 15) is 4.79 Å². The number of nitrogens with two attached hydrogens (primary N) is 1. The van der Waals surface area contributed by atoms with E-state index in [0.717, 1.165) is 23.4 Å². The summed E-state index contributed by atoms with van der Waals surface area (Å²) < 4.78 is 0. The predicted molar refractivity (Wildman–Crippen MR) is 69.3 cm³/mol. The molecule has 0 radical (unpaired) electrons. The second-order valence-corrected chi connectivity index (χ2v) is 6.83. The third-order valence-corrected chi connectivity index (χ3v) is 4.35. The van der Waals surface area contributed by atoms with E-state index in [1.807, 2.05) is 20.8 Å². The fourth-order valence-electron chi connectivity index (χ4n) is 2.32. The molecule has 1 aromatic heterocycles. The van der Waals surface area contributed by atoms with E-state index in [1.54, 1.807) is 11.3 Å². The molecular weight excluding hydrogens is 218 g/mol. The maximum atomic E-state index is 12.4. The predicted octanol–water partition coefficient (Wildman–Crippen LogP) is 3.61. The van der Waals surface area contributed by atoms with Crippen LogP contribution in [0.15, 0.2) is 0 Å². The van der Waals surface area contributed by atoms with Crippen LogP contribution in [0, 0.1) is 5.41 Å². The maximum absolute atomic E-state index is 12.4. The van der Waals surface area contributed by atoms with E-state index in [1.165, 1.54) is 10.4 Å². The van der Waals surface area contributed by atoms with Crippen molar-refractivity contribution in [3.63, 3.8) is 0 Å². The van der Waals surface area contributed by atoms with Crippen molar-refractivity contribution < 1.29 is 4.79 Å². The first-order valence-electron chi connectivity index (χ1n) is 5.78. The Labute approximate surface area is 101 Å². The highest BCUT2D eigenvalue weighted by Crippen LogP contribution is 2.45. The van der Waals surface area contributed by atoms with Gasteiger partial charge >= 0.3 is 0 Å². The molecule has 2 N–H and O–H groups in total. The summed E-state index contributed by atoms with van der Waals surface area (Å²) in [4.78, 5) is 13.7. The van der Waals surface area contributed by atoms with Crippen molar-refractivity contribution >= 4 is 22.1 Å². The quantitative estimate of drug-likeness (QED) is 0.758. The van der Waals surface area contributed by atoms with Gasteiger partial charge < -0.3 is 5.73 Å². The van der Waals surface area contributed by atoms with Crippen LogP contribution in [-0.4, -0.2) is 5.78 Å². The molecule has 88 valence electrons. The smallest absolute Gasteiger partial charge is 0.171 e. The minimum atomic E-state index is -0.342. The van der Waals surface area contributed by atoms with Crippen LogP contribution >= 0.6 is 11.3 Å². The maximum Gasteiger partial charge on any atom is 0.171 e. The van der Waals surface area contributed by atoms with Crippen LogP contribution in [0.3, 0.4) is 0 Å². The fourth-order valence-corrected chi connectivity index (χ4v) is 3.52. The summed E-state index contributed by atoms with van der Waals surface area (Å²) in [6.45, 7) is 8.06. The number of hydrogen-bond acceptors (Lipinski definition) is 3. The Hall–Kier alpha value is -0.830. The SMILES string of the molecule is CC1CCc2sc(N)c(C(=O)C(C)(C)C)c21. The van der Waals surface area contributed by atoms with E-state index in [2.05, 4.69) is 6.92 Å². The van der Waals surface area contributed by atoms with Gasteiger partial charge in [0.25, 0.3) is 0 Å². The molecule has 1 atom stereocenters. The Kier molecular flexibility index (Phi) is 2.61. The van der Waals surface area contributed by atoms with Crippen molar-refractivity contribution in [1.82, 2.24) is 0 Å². The zero-order chi connectivity index (χ0) is 12.1. The Morgan fingerprint density at radius 3 is 2.62 bits per heavy atom. The summed E-state index contributed by atoms with van der Waals surface area (Å²) in [5, 5.41) is 0.719. The van der Waals surface area contributed by atoms with Gasteiger partial charge in [0.15, 0.2) is 5.78 Å². The van der Waals surface area contributed by atoms with Gasteiger partial charge in [-0.15, -0.1) is 11.3 Å². The van der Waals surface area contributed by atoms with Crippen LogP contribution in [0.25, 0.3) is 0 Å². The highest BCUT2D eigenvalue weighted by Gasteiger charge is 2.34. The Bertz CT molecular complexity index is 440. The summed E-state index contributed by atoms with van der Waals surface area (Å²) in [6, 6.07) is 0. The van der Waals surface area contributed by atoms with Crippen LogP contribution < -0.4 is 5.73 Å². The number of nitrogen functional groups attached to an aromatic ring is 1. The molecule has 0 spiro atoms. The molecule has 0 saturated carbocycles. The Balaban J connectivity index is 2.54. The van der Waals surface area contributed by atoms with Crippen LogP contribution in [0.4, 0.5) is 5.00 Å². The molecular formula is C13H19NOS. The minimum absolute atomic E-state index is 0.191. The third kappa shape index (κ3) is 1.67. The normalized spacial score (nSPS) is 19.9. The molecule has 0 saturated heterocycles. The zero-order valence-electron chi connectivity index (χ0n) is 10.4. The lowest BCUT2D eigenvalue weighted by Crippen LogP contribution is -2.22. The van der Waals surface area contributed by atoms with Gasteiger partial charge in [0.05, 0.1) is 10.6 Å². The second kappa shape index (κ2) is 3.59. The van der Waals surface area contributed by atoms with E-state index >= 15 is 0 Å². The lowest BCUT2D eigenvalue weighted by Gasteiger charge is -2.18. The van der Waals surface area contributed by atoms with Crippen LogP contribution in [0.2, 0.25) is 0 Å². The van der Waals surface area contributed by atoms with E-state index in [0.29, 0.717) is 5.92 Å². The summed E-state index contributed by atoms with van der Waals surface area (Å²) in [7, 11) is 0. The van der Waals surface area contributed by atoms with Gasteiger partial charge in [0.2, 0.25) is 0 Å². The molecule has 16 heavy (non-hydrogen) atoms. The van der Waals surface area contributed by atoms with Crippen molar-refractivity contribution in [3.05, 3.63) is 16.0 Å². The molecule has 3 heteroatoms. The monoisotopic (exact) mass is 237 g/mol. The average molecular weight is 237 g/mol. The molecule has 1 unspecified atom stereocenters. The van der Waals surface area contributed by atoms with Crippen molar-refractivity contribution in [1.29, 1.82) is 0 Å². The first kappa shape index (κ1) is 11.6. The molecule has 1 aliphatic rings. The first-order chi connectivity index (χ1) is 7.32. The number of carbonyl (C=O) groups is 1. The summed E-state index contributed by atoms with van der Waals surface area (Å²) in [5.74, 6) is 0.682. The molecule has 1 aromatic rings. The lowest BCUT2D eigenvalue weighted by atomic mass is 9.84. The van der Waals surface area contributed by atoms with Gasteiger partial charge in [-0.25, -0.2) is 0 Å². The number of aryl methyl sites for hydroxylation is 1. The zero-order valence-corrected chi connectivity index (χ0v) is 11.2. The number of anilines is 1. The minimum Gasteiger partial charge on any atom is -0.390 e. The molecule has 0 fully saturated rings. The van der Waals surface area contributed by atoms with E-state index < -0.39 is 0 Å². The van der Waals surface area contributed by atoms with Gasteiger partial charge in [0.1, 0.15) is 0 Å². The van der Waals surface area contributed by atoms with Gasteiger partial charge in [-0.1, -0.05) is 27.7 Å². The number of Topliss-reactive ketones (excluding diaryl/α,β-unsaturated/α-hetero) is 1. The Morgan fingerprint density at radius 1 is 1.44 bits per heavy atom. The van der Waals surface area contributed by atoms with Gasteiger partial charge in [-0.3, -0.25) is 4.79 Å². The van der Waals surface area contributed by atoms with E-state index in [4.69, 9.17) is 5.73 Å². The lowest BCUT2D eigenvalue weighted by molar-refractivity contribution is 0.0858. The molecule has 0 bridgehead atoms. The number of carbonyl (C=O) groups excluding carboxylic acids is 1. The summed E-state index contributed by atoms with van der Waals surface area (Å²) in [6.07, 6.45) is 2.24. The first-order valence-corrected chi connectivity index (χ1v) is 6.60. The van der Waals surface area contributed by atoms with Gasteiger partial charge in [-0.05, 0) is 24.3 Å². The van der Waals surface area contributed by atoms with Gasteiger partial charge in [-0.2, -0.15) is 0 Å². The second-order valence-electron chi connectivity index (χ2n) is 5.70.